The lowest BCUT2D eigenvalue weighted by atomic mass is 10.1. The number of carbonyl (C=O) groups is 2. The topological polar surface area (TPSA) is 61.9 Å². The lowest BCUT2D eigenvalue weighted by molar-refractivity contribution is -0.137. The minimum atomic E-state index is -0.357. The van der Waals surface area contributed by atoms with Crippen molar-refractivity contribution >= 4 is 23.4 Å². The first-order chi connectivity index (χ1) is 12.6. The molecule has 2 heterocycles. The fourth-order valence-electron chi connectivity index (χ4n) is 3.62. The quantitative estimate of drug-likeness (QED) is 0.869. The number of benzene rings is 1. The maximum Gasteiger partial charge on any atom is 0.245 e. The Morgan fingerprint density at radius 2 is 2.04 bits per heavy atom. The molecule has 142 valence electrons. The van der Waals surface area contributed by atoms with E-state index >= 15 is 0 Å². The molecule has 2 aliphatic rings. The molecule has 0 unspecified atom stereocenters. The summed E-state index contributed by atoms with van der Waals surface area (Å²) in [5, 5.41) is 3.57. The molecule has 0 radical (unpaired) electrons. The first kappa shape index (κ1) is 19.0. The fourth-order valence-corrected chi connectivity index (χ4v) is 3.81. The van der Waals surface area contributed by atoms with Crippen LogP contribution in [-0.4, -0.2) is 60.9 Å². The summed E-state index contributed by atoms with van der Waals surface area (Å²) in [7, 11) is 1.66. The van der Waals surface area contributed by atoms with Crippen molar-refractivity contribution in [2.24, 2.45) is 0 Å². The van der Waals surface area contributed by atoms with Gasteiger partial charge in [-0.25, -0.2) is 0 Å². The van der Waals surface area contributed by atoms with Crippen molar-refractivity contribution in [1.29, 1.82) is 0 Å². The van der Waals surface area contributed by atoms with Gasteiger partial charge in [0.05, 0.1) is 7.11 Å². The van der Waals surface area contributed by atoms with Crippen LogP contribution in [-0.2, 0) is 16.1 Å². The molecular weight excluding hydrogens is 354 g/mol. The Morgan fingerprint density at radius 3 is 2.77 bits per heavy atom. The van der Waals surface area contributed by atoms with E-state index in [1.54, 1.807) is 7.11 Å². The molecule has 1 atom stereocenters. The first-order valence-electron chi connectivity index (χ1n) is 9.20. The summed E-state index contributed by atoms with van der Waals surface area (Å²) >= 11 is 6.11. The van der Waals surface area contributed by atoms with E-state index in [1.807, 2.05) is 23.1 Å². The average Bonchev–Trinajstić information content (AvgIpc) is 2.86. The summed E-state index contributed by atoms with van der Waals surface area (Å²) in [5.74, 6) is 0.877. The van der Waals surface area contributed by atoms with E-state index < -0.39 is 0 Å². The minimum absolute atomic E-state index is 0.00691. The second kappa shape index (κ2) is 8.73. The van der Waals surface area contributed by atoms with Crippen molar-refractivity contribution in [3.05, 3.63) is 28.8 Å². The predicted molar refractivity (Wildman–Crippen MR) is 100 cm³/mol. The van der Waals surface area contributed by atoms with Gasteiger partial charge in [0.25, 0.3) is 0 Å². The summed E-state index contributed by atoms with van der Waals surface area (Å²) in [6.07, 6.45) is 3.05. The molecule has 2 saturated heterocycles. The van der Waals surface area contributed by atoms with Crippen molar-refractivity contribution in [1.82, 2.24) is 15.1 Å². The molecule has 0 saturated carbocycles. The molecule has 1 aromatic rings. The smallest absolute Gasteiger partial charge is 0.245 e. The number of nitrogens with zero attached hydrogens (tertiary/aromatic N) is 2. The van der Waals surface area contributed by atoms with Crippen LogP contribution in [0.3, 0.4) is 0 Å². The Kier molecular flexibility index (Phi) is 6.38. The van der Waals surface area contributed by atoms with Gasteiger partial charge in [0.1, 0.15) is 11.8 Å². The molecule has 3 rings (SSSR count). The number of piperazine rings is 1. The zero-order valence-corrected chi connectivity index (χ0v) is 15.9. The third-order valence-electron chi connectivity index (χ3n) is 5.10. The van der Waals surface area contributed by atoms with Crippen molar-refractivity contribution in [3.63, 3.8) is 0 Å². The summed E-state index contributed by atoms with van der Waals surface area (Å²) in [4.78, 5) is 28.6. The van der Waals surface area contributed by atoms with Crippen LogP contribution in [0.2, 0.25) is 5.02 Å². The zero-order chi connectivity index (χ0) is 18.5. The van der Waals surface area contributed by atoms with Crippen LogP contribution in [0.5, 0.6) is 5.75 Å². The average molecular weight is 380 g/mol. The van der Waals surface area contributed by atoms with E-state index in [-0.39, 0.29) is 17.9 Å². The third-order valence-corrected chi connectivity index (χ3v) is 5.34. The predicted octanol–water partition coefficient (Wildman–Crippen LogP) is 2.05. The van der Waals surface area contributed by atoms with E-state index in [9.17, 15) is 9.59 Å². The highest BCUT2D eigenvalue weighted by Crippen LogP contribution is 2.24. The van der Waals surface area contributed by atoms with Crippen LogP contribution >= 0.6 is 11.6 Å². The number of hydrogen-bond donors (Lipinski definition) is 1. The number of carbonyl (C=O) groups excluding carboxylic acids is 2. The molecule has 1 aromatic carbocycles. The maximum absolute atomic E-state index is 12.7. The monoisotopic (exact) mass is 379 g/mol. The molecule has 2 fully saturated rings. The number of amides is 2. The van der Waals surface area contributed by atoms with E-state index in [0.29, 0.717) is 24.5 Å². The summed E-state index contributed by atoms with van der Waals surface area (Å²) in [6, 6.07) is 5.27. The zero-order valence-electron chi connectivity index (χ0n) is 15.2. The highest BCUT2D eigenvalue weighted by molar-refractivity contribution is 6.30. The number of nitrogens with one attached hydrogen (secondary N) is 1. The number of rotatable bonds is 4. The fraction of sp³-hybridized carbons (Fsp3) is 0.579. The minimum Gasteiger partial charge on any atom is -0.496 e. The molecule has 1 N–H and O–H groups in total. The van der Waals surface area contributed by atoms with Crippen LogP contribution < -0.4 is 10.1 Å². The van der Waals surface area contributed by atoms with Gasteiger partial charge in [-0.15, -0.1) is 0 Å². The standard InChI is InChI=1S/C19H26ClN3O3/c1-26-17-7-6-15(20)12-14(17)13-22-8-10-23(11-9-22)19(25)16-4-2-3-5-18(24)21-16/h6-7,12,16H,2-5,8-11,13H2,1H3,(H,21,24)/t16-/m1/s1. The van der Waals surface area contributed by atoms with Crippen LogP contribution in [0.4, 0.5) is 0 Å². The molecule has 0 bridgehead atoms. The lowest BCUT2D eigenvalue weighted by Crippen LogP contribution is -2.54. The summed E-state index contributed by atoms with van der Waals surface area (Å²) < 4.78 is 5.41. The second-order valence-corrected chi connectivity index (χ2v) is 7.36. The molecule has 2 aliphatic heterocycles. The SMILES string of the molecule is COc1ccc(Cl)cc1CN1CCN(C(=O)[C@H]2CCCCC(=O)N2)CC1. The molecular formula is C19H26ClN3O3. The van der Waals surface area contributed by atoms with Crippen LogP contribution in [0, 0.1) is 0 Å². The van der Waals surface area contributed by atoms with E-state index in [4.69, 9.17) is 16.3 Å². The molecule has 0 aromatic heterocycles. The number of methoxy groups -OCH3 is 1. The number of ether oxygens (including phenoxy) is 1. The highest BCUT2D eigenvalue weighted by Gasteiger charge is 2.29. The van der Waals surface area contributed by atoms with E-state index in [2.05, 4.69) is 10.2 Å². The molecule has 0 aliphatic carbocycles. The van der Waals surface area contributed by atoms with Gasteiger partial charge in [0.15, 0.2) is 0 Å². The van der Waals surface area contributed by atoms with Crippen LogP contribution in [0.25, 0.3) is 0 Å². The highest BCUT2D eigenvalue weighted by atomic mass is 35.5. The summed E-state index contributed by atoms with van der Waals surface area (Å²) in [5.41, 5.74) is 1.05. The lowest BCUT2D eigenvalue weighted by Gasteiger charge is -2.36. The van der Waals surface area contributed by atoms with Gasteiger partial charge >= 0.3 is 0 Å². The van der Waals surface area contributed by atoms with Crippen LogP contribution in [0.1, 0.15) is 31.2 Å². The van der Waals surface area contributed by atoms with Gasteiger partial charge < -0.3 is 15.0 Å². The first-order valence-corrected chi connectivity index (χ1v) is 9.57. The molecule has 0 spiro atoms. The Bertz CT molecular complexity index is 659. The Balaban J connectivity index is 1.55. The van der Waals surface area contributed by atoms with Crippen molar-refractivity contribution < 1.29 is 14.3 Å². The van der Waals surface area contributed by atoms with Crippen molar-refractivity contribution in [2.45, 2.75) is 38.3 Å². The van der Waals surface area contributed by atoms with E-state index in [0.717, 1.165) is 50.2 Å². The Morgan fingerprint density at radius 1 is 1.27 bits per heavy atom. The van der Waals surface area contributed by atoms with E-state index in [1.165, 1.54) is 0 Å². The van der Waals surface area contributed by atoms with Gasteiger partial charge in [-0.2, -0.15) is 0 Å². The molecule has 6 nitrogen and oxygen atoms in total. The molecule has 26 heavy (non-hydrogen) atoms. The number of hydrogen-bond acceptors (Lipinski definition) is 4. The van der Waals surface area contributed by atoms with Crippen molar-refractivity contribution in [2.75, 3.05) is 33.3 Å². The largest absolute Gasteiger partial charge is 0.496 e. The Hall–Kier alpha value is -1.79. The summed E-state index contributed by atoms with van der Waals surface area (Å²) in [6.45, 7) is 3.68. The third kappa shape index (κ3) is 4.68. The van der Waals surface area contributed by atoms with Crippen LogP contribution in [0.15, 0.2) is 18.2 Å². The number of halogens is 1. The second-order valence-electron chi connectivity index (χ2n) is 6.92. The van der Waals surface area contributed by atoms with Gasteiger partial charge in [-0.3, -0.25) is 14.5 Å². The molecule has 7 heteroatoms. The Labute approximate surface area is 159 Å². The maximum atomic E-state index is 12.7. The van der Waals surface area contributed by atoms with Crippen molar-refractivity contribution in [3.8, 4) is 5.75 Å². The van der Waals surface area contributed by atoms with Gasteiger partial charge in [-0.1, -0.05) is 18.0 Å². The van der Waals surface area contributed by atoms with Gasteiger partial charge in [0, 0.05) is 49.7 Å². The normalized spacial score (nSPS) is 21.8. The molecule has 2 amide bonds. The van der Waals surface area contributed by atoms with Gasteiger partial charge in [0.2, 0.25) is 11.8 Å². The van der Waals surface area contributed by atoms with Gasteiger partial charge in [-0.05, 0) is 31.0 Å².